The molecule has 36 heavy (non-hydrogen) atoms. The smallest absolute Gasteiger partial charge is 0.272 e. The third kappa shape index (κ3) is 4.68. The molecule has 2 aliphatic rings. The van der Waals surface area contributed by atoms with Crippen LogP contribution >= 0.6 is 0 Å². The maximum Gasteiger partial charge on any atom is 0.272 e. The Bertz CT molecular complexity index is 1240. The fourth-order valence-electron chi connectivity index (χ4n) is 5.12. The Morgan fingerprint density at radius 1 is 1.11 bits per heavy atom. The van der Waals surface area contributed by atoms with E-state index < -0.39 is 0 Å². The highest BCUT2D eigenvalue weighted by atomic mass is 19.1. The SMILES string of the molecule is COc1ccc(C(CNC(=O)c2nn(-c3ccccc3F)c3c2CCC3)N2CCOCC2)cc1OC. The largest absolute Gasteiger partial charge is 0.493 e. The lowest BCUT2D eigenvalue weighted by Crippen LogP contribution is -2.44. The number of carbonyl (C=O) groups excluding carboxylic acids is 1. The van der Waals surface area contributed by atoms with E-state index >= 15 is 0 Å². The normalized spacial score (nSPS) is 16.4. The van der Waals surface area contributed by atoms with E-state index in [0.29, 0.717) is 42.6 Å². The number of ether oxygens (including phenoxy) is 3. The summed E-state index contributed by atoms with van der Waals surface area (Å²) >= 11 is 0. The average Bonchev–Trinajstić information content (AvgIpc) is 3.53. The van der Waals surface area contributed by atoms with Crippen LogP contribution in [0.3, 0.4) is 0 Å². The standard InChI is InChI=1S/C27H31FN4O4/c1-34-24-11-10-18(16-25(24)35-2)23(31-12-14-36-15-13-31)17-29-27(33)26-19-6-5-9-21(19)32(30-26)22-8-4-3-7-20(22)28/h3-4,7-8,10-11,16,23H,5-6,9,12-15,17H2,1-2H3,(H,29,33). The second-order valence-corrected chi connectivity index (χ2v) is 8.98. The van der Waals surface area contributed by atoms with Crippen LogP contribution in [0.4, 0.5) is 4.39 Å². The van der Waals surface area contributed by atoms with Crippen molar-refractivity contribution in [2.45, 2.75) is 25.3 Å². The van der Waals surface area contributed by atoms with Gasteiger partial charge in [0.1, 0.15) is 11.5 Å². The molecule has 0 bridgehead atoms. The molecule has 190 valence electrons. The number of nitrogens with one attached hydrogen (secondary N) is 1. The predicted octanol–water partition coefficient (Wildman–Crippen LogP) is 3.32. The van der Waals surface area contributed by atoms with Gasteiger partial charge in [0.2, 0.25) is 0 Å². The van der Waals surface area contributed by atoms with Crippen molar-refractivity contribution in [1.82, 2.24) is 20.0 Å². The molecule has 2 aromatic carbocycles. The number of hydrogen-bond acceptors (Lipinski definition) is 6. The van der Waals surface area contributed by atoms with Gasteiger partial charge in [-0.1, -0.05) is 18.2 Å². The van der Waals surface area contributed by atoms with Gasteiger partial charge < -0.3 is 19.5 Å². The molecule has 5 rings (SSSR count). The number of rotatable bonds is 8. The highest BCUT2D eigenvalue weighted by Crippen LogP contribution is 2.33. The zero-order chi connectivity index (χ0) is 25.1. The number of para-hydroxylation sites is 1. The van der Waals surface area contributed by atoms with Crippen molar-refractivity contribution >= 4 is 5.91 Å². The average molecular weight is 495 g/mol. The van der Waals surface area contributed by atoms with Crippen molar-refractivity contribution < 1.29 is 23.4 Å². The number of benzene rings is 2. The maximum atomic E-state index is 14.5. The Hall–Kier alpha value is -3.43. The van der Waals surface area contributed by atoms with Crippen LogP contribution in [0.1, 0.15) is 39.8 Å². The summed E-state index contributed by atoms with van der Waals surface area (Å²) < 4.78 is 32.6. The number of fused-ring (bicyclic) bond motifs is 1. The molecule has 1 unspecified atom stereocenters. The van der Waals surface area contributed by atoms with Crippen molar-refractivity contribution in [1.29, 1.82) is 0 Å². The van der Waals surface area contributed by atoms with Crippen molar-refractivity contribution in [3.8, 4) is 17.2 Å². The summed E-state index contributed by atoms with van der Waals surface area (Å²) in [5, 5.41) is 7.68. The lowest BCUT2D eigenvalue weighted by atomic mass is 10.0. The summed E-state index contributed by atoms with van der Waals surface area (Å²) in [7, 11) is 3.22. The van der Waals surface area contributed by atoms with E-state index in [0.717, 1.165) is 49.2 Å². The van der Waals surface area contributed by atoms with Crippen LogP contribution in [0.5, 0.6) is 11.5 Å². The molecule has 0 spiro atoms. The summed E-state index contributed by atoms with van der Waals surface area (Å²) in [5.74, 6) is 0.686. The molecule has 0 radical (unpaired) electrons. The third-order valence-corrected chi connectivity index (χ3v) is 6.96. The first-order chi connectivity index (χ1) is 17.6. The van der Waals surface area contributed by atoms with Gasteiger partial charge in [-0.05, 0) is 49.1 Å². The van der Waals surface area contributed by atoms with Crippen LogP contribution in [0, 0.1) is 5.82 Å². The number of carbonyl (C=O) groups is 1. The first-order valence-electron chi connectivity index (χ1n) is 12.3. The predicted molar refractivity (Wildman–Crippen MR) is 133 cm³/mol. The Balaban J connectivity index is 1.41. The summed E-state index contributed by atoms with van der Waals surface area (Å²) in [6.07, 6.45) is 2.45. The first-order valence-corrected chi connectivity index (χ1v) is 12.3. The zero-order valence-electron chi connectivity index (χ0n) is 20.6. The van der Waals surface area contributed by atoms with Crippen LogP contribution in [0.2, 0.25) is 0 Å². The van der Waals surface area contributed by atoms with Gasteiger partial charge in [0.15, 0.2) is 17.2 Å². The molecule has 1 aliphatic heterocycles. The Kier molecular flexibility index (Phi) is 7.20. The van der Waals surface area contributed by atoms with E-state index in [4.69, 9.17) is 14.2 Å². The molecule has 9 heteroatoms. The molecule has 8 nitrogen and oxygen atoms in total. The lowest BCUT2D eigenvalue weighted by molar-refractivity contribution is 0.0161. The minimum absolute atomic E-state index is 0.0839. The Morgan fingerprint density at radius 3 is 2.64 bits per heavy atom. The number of halogens is 1. The van der Waals surface area contributed by atoms with Crippen LogP contribution in [0.25, 0.3) is 5.69 Å². The number of amides is 1. The molecule has 1 N–H and O–H groups in total. The van der Waals surface area contributed by atoms with Gasteiger partial charge in [-0.15, -0.1) is 0 Å². The van der Waals surface area contributed by atoms with E-state index in [1.54, 1.807) is 37.1 Å². The topological polar surface area (TPSA) is 77.9 Å². The molecule has 1 aromatic heterocycles. The minimum atomic E-state index is -0.359. The fourth-order valence-corrected chi connectivity index (χ4v) is 5.12. The fraction of sp³-hybridized carbons (Fsp3) is 0.407. The monoisotopic (exact) mass is 494 g/mol. The molecule has 1 fully saturated rings. The highest BCUT2D eigenvalue weighted by Gasteiger charge is 2.29. The number of hydrogen-bond donors (Lipinski definition) is 1. The van der Waals surface area contributed by atoms with Gasteiger partial charge in [-0.3, -0.25) is 9.69 Å². The molecule has 1 atom stereocenters. The van der Waals surface area contributed by atoms with Gasteiger partial charge in [-0.2, -0.15) is 5.10 Å². The molecule has 0 saturated carbocycles. The van der Waals surface area contributed by atoms with E-state index in [-0.39, 0.29) is 17.8 Å². The Morgan fingerprint density at radius 2 is 1.89 bits per heavy atom. The molecule has 1 saturated heterocycles. The number of aromatic nitrogens is 2. The quantitative estimate of drug-likeness (QED) is 0.518. The van der Waals surface area contributed by atoms with Crippen molar-refractivity contribution in [3.05, 3.63) is 70.8 Å². The third-order valence-electron chi connectivity index (χ3n) is 6.96. The van der Waals surface area contributed by atoms with Crippen LogP contribution < -0.4 is 14.8 Å². The van der Waals surface area contributed by atoms with Crippen LogP contribution in [-0.2, 0) is 17.6 Å². The van der Waals surface area contributed by atoms with Crippen molar-refractivity contribution in [3.63, 3.8) is 0 Å². The molecular formula is C27H31FN4O4. The second kappa shape index (κ2) is 10.7. The van der Waals surface area contributed by atoms with Gasteiger partial charge in [0.05, 0.1) is 33.5 Å². The van der Waals surface area contributed by atoms with E-state index in [2.05, 4.69) is 15.3 Å². The van der Waals surface area contributed by atoms with E-state index in [1.807, 2.05) is 18.2 Å². The number of nitrogens with zero attached hydrogens (tertiary/aromatic N) is 3. The van der Waals surface area contributed by atoms with Crippen molar-refractivity contribution in [2.75, 3.05) is 47.1 Å². The van der Waals surface area contributed by atoms with E-state index in [9.17, 15) is 9.18 Å². The number of morpholine rings is 1. The van der Waals surface area contributed by atoms with Gasteiger partial charge in [0, 0.05) is 30.9 Å². The first kappa shape index (κ1) is 24.3. The summed E-state index contributed by atoms with van der Waals surface area (Å²) in [6, 6.07) is 12.3. The van der Waals surface area contributed by atoms with E-state index in [1.165, 1.54) is 6.07 Å². The molecule has 1 aliphatic carbocycles. The highest BCUT2D eigenvalue weighted by molar-refractivity contribution is 5.94. The summed E-state index contributed by atoms with van der Waals surface area (Å²) in [5.41, 5.74) is 3.57. The summed E-state index contributed by atoms with van der Waals surface area (Å²) in [6.45, 7) is 3.17. The molecular weight excluding hydrogens is 463 g/mol. The van der Waals surface area contributed by atoms with Crippen LogP contribution in [0.15, 0.2) is 42.5 Å². The Labute approximate surface area is 209 Å². The van der Waals surface area contributed by atoms with Gasteiger partial charge in [-0.25, -0.2) is 9.07 Å². The minimum Gasteiger partial charge on any atom is -0.493 e. The van der Waals surface area contributed by atoms with Crippen molar-refractivity contribution in [2.24, 2.45) is 0 Å². The second-order valence-electron chi connectivity index (χ2n) is 8.98. The number of methoxy groups -OCH3 is 2. The molecule has 2 heterocycles. The summed E-state index contributed by atoms with van der Waals surface area (Å²) in [4.78, 5) is 15.7. The maximum absolute atomic E-state index is 14.5. The van der Waals surface area contributed by atoms with Gasteiger partial charge in [0.25, 0.3) is 5.91 Å². The molecule has 3 aromatic rings. The lowest BCUT2D eigenvalue weighted by Gasteiger charge is -2.35. The zero-order valence-corrected chi connectivity index (χ0v) is 20.6. The van der Waals surface area contributed by atoms with Crippen LogP contribution in [-0.4, -0.2) is 67.7 Å². The van der Waals surface area contributed by atoms with Gasteiger partial charge >= 0.3 is 0 Å². The molecule has 1 amide bonds.